The van der Waals surface area contributed by atoms with Crippen molar-refractivity contribution >= 4 is 6.03 Å². The van der Waals surface area contributed by atoms with Crippen LogP contribution in [0.1, 0.15) is 43.9 Å². The Morgan fingerprint density at radius 3 is 2.33 bits per heavy atom. The van der Waals surface area contributed by atoms with E-state index in [1.807, 2.05) is 38.2 Å². The highest BCUT2D eigenvalue weighted by Crippen LogP contribution is 2.22. The molecule has 146 valence electrons. The number of nitrogens with zero attached hydrogens (tertiary/aromatic N) is 1. The lowest BCUT2D eigenvalue weighted by molar-refractivity contribution is 0.187. The smallest absolute Gasteiger partial charge is 0.317 e. The second kappa shape index (κ2) is 9.95. The first-order chi connectivity index (χ1) is 12.9. The first-order valence-electron chi connectivity index (χ1n) is 9.36. The zero-order chi connectivity index (χ0) is 19.8. The van der Waals surface area contributed by atoms with Crippen LogP contribution in [0.4, 0.5) is 9.18 Å². The number of hydrogen-bond acceptors (Lipinski definition) is 2. The van der Waals surface area contributed by atoms with Crippen LogP contribution >= 0.6 is 0 Å². The maximum Gasteiger partial charge on any atom is 0.317 e. The van der Waals surface area contributed by atoms with Crippen molar-refractivity contribution in [2.24, 2.45) is 0 Å². The zero-order valence-electron chi connectivity index (χ0n) is 16.5. The molecule has 0 unspecified atom stereocenters. The SMILES string of the molecule is CCC[C@@H](C)N(C)C(=O)N[C@H](Cc1ccc(F)cc1)c1ccc(OC)cc1. The maximum absolute atomic E-state index is 13.2. The first-order valence-corrected chi connectivity index (χ1v) is 9.36. The quantitative estimate of drug-likeness (QED) is 0.712. The van der Waals surface area contributed by atoms with Crippen molar-refractivity contribution in [3.05, 3.63) is 65.5 Å². The number of methoxy groups -OCH3 is 1. The normalized spacial score (nSPS) is 12.9. The maximum atomic E-state index is 13.2. The second-order valence-corrected chi connectivity index (χ2v) is 6.85. The molecule has 0 fully saturated rings. The van der Waals surface area contributed by atoms with Crippen LogP contribution in [-0.2, 0) is 6.42 Å². The minimum atomic E-state index is -0.267. The topological polar surface area (TPSA) is 41.6 Å². The first kappa shape index (κ1) is 20.7. The van der Waals surface area contributed by atoms with Gasteiger partial charge in [0.25, 0.3) is 0 Å². The van der Waals surface area contributed by atoms with Gasteiger partial charge in [-0.3, -0.25) is 0 Å². The monoisotopic (exact) mass is 372 g/mol. The Morgan fingerprint density at radius 2 is 1.78 bits per heavy atom. The molecular formula is C22H29FN2O2. The summed E-state index contributed by atoms with van der Waals surface area (Å²) in [6.45, 7) is 4.16. The van der Waals surface area contributed by atoms with Crippen LogP contribution < -0.4 is 10.1 Å². The van der Waals surface area contributed by atoms with Gasteiger partial charge in [-0.25, -0.2) is 9.18 Å². The summed E-state index contributed by atoms with van der Waals surface area (Å²) in [4.78, 5) is 14.5. The predicted molar refractivity (Wildman–Crippen MR) is 107 cm³/mol. The van der Waals surface area contributed by atoms with Gasteiger partial charge in [0, 0.05) is 13.1 Å². The number of carbonyl (C=O) groups is 1. The average Bonchev–Trinajstić information content (AvgIpc) is 2.68. The number of rotatable bonds is 8. The Labute approximate surface area is 161 Å². The van der Waals surface area contributed by atoms with Gasteiger partial charge in [0.15, 0.2) is 0 Å². The summed E-state index contributed by atoms with van der Waals surface area (Å²) in [6.07, 6.45) is 2.56. The van der Waals surface area contributed by atoms with Crippen LogP contribution in [0.15, 0.2) is 48.5 Å². The fraction of sp³-hybridized carbons (Fsp3) is 0.409. The molecule has 2 amide bonds. The van der Waals surface area contributed by atoms with Crippen LogP contribution in [0.2, 0.25) is 0 Å². The number of halogens is 1. The van der Waals surface area contributed by atoms with Crippen LogP contribution in [0.25, 0.3) is 0 Å². The summed E-state index contributed by atoms with van der Waals surface area (Å²) < 4.78 is 18.4. The molecule has 0 radical (unpaired) electrons. The van der Waals surface area contributed by atoms with E-state index in [1.54, 1.807) is 24.1 Å². The number of urea groups is 1. The summed E-state index contributed by atoms with van der Waals surface area (Å²) in [5.41, 5.74) is 1.94. The Hall–Kier alpha value is -2.56. The molecule has 0 saturated heterocycles. The highest BCUT2D eigenvalue weighted by Gasteiger charge is 2.20. The summed E-state index contributed by atoms with van der Waals surface area (Å²) in [7, 11) is 3.44. The molecule has 2 aromatic carbocycles. The van der Waals surface area contributed by atoms with Crippen molar-refractivity contribution in [3.8, 4) is 5.75 Å². The molecule has 5 heteroatoms. The van der Waals surface area contributed by atoms with Gasteiger partial charge in [-0.1, -0.05) is 37.6 Å². The molecule has 1 N–H and O–H groups in total. The van der Waals surface area contributed by atoms with Gasteiger partial charge in [-0.2, -0.15) is 0 Å². The van der Waals surface area contributed by atoms with Gasteiger partial charge < -0.3 is 15.0 Å². The van der Waals surface area contributed by atoms with Crippen LogP contribution in [0.3, 0.4) is 0 Å². The second-order valence-electron chi connectivity index (χ2n) is 6.85. The lowest BCUT2D eigenvalue weighted by atomic mass is 9.98. The molecule has 0 bridgehead atoms. The molecule has 0 aliphatic carbocycles. The lowest BCUT2D eigenvalue weighted by Gasteiger charge is -2.28. The van der Waals surface area contributed by atoms with Crippen molar-refractivity contribution in [1.29, 1.82) is 0 Å². The Balaban J connectivity index is 2.19. The number of benzene rings is 2. The van der Waals surface area contributed by atoms with Crippen molar-refractivity contribution in [3.63, 3.8) is 0 Å². The Kier molecular flexibility index (Phi) is 7.65. The highest BCUT2D eigenvalue weighted by molar-refractivity contribution is 5.74. The van der Waals surface area contributed by atoms with Crippen LogP contribution in [0, 0.1) is 5.82 Å². The molecule has 0 saturated carbocycles. The molecule has 0 aliphatic rings. The van der Waals surface area contributed by atoms with Crippen LogP contribution in [-0.4, -0.2) is 31.1 Å². The molecule has 2 aromatic rings. The highest BCUT2D eigenvalue weighted by atomic mass is 19.1. The number of nitrogens with one attached hydrogen (secondary N) is 1. The number of carbonyl (C=O) groups excluding carboxylic acids is 1. The van der Waals surface area contributed by atoms with E-state index in [1.165, 1.54) is 12.1 Å². The van der Waals surface area contributed by atoms with Crippen molar-refractivity contribution < 1.29 is 13.9 Å². The third-order valence-electron chi connectivity index (χ3n) is 4.86. The third kappa shape index (κ3) is 5.98. The van der Waals surface area contributed by atoms with Gasteiger partial charge in [-0.05, 0) is 55.2 Å². The van der Waals surface area contributed by atoms with E-state index < -0.39 is 0 Å². The van der Waals surface area contributed by atoms with Gasteiger partial charge in [-0.15, -0.1) is 0 Å². The molecular weight excluding hydrogens is 343 g/mol. The predicted octanol–water partition coefficient (Wildman–Crippen LogP) is 4.95. The Morgan fingerprint density at radius 1 is 1.15 bits per heavy atom. The fourth-order valence-corrected chi connectivity index (χ4v) is 3.01. The molecule has 27 heavy (non-hydrogen) atoms. The van der Waals surface area contributed by atoms with Crippen molar-refractivity contribution in [2.45, 2.75) is 45.2 Å². The van der Waals surface area contributed by atoms with E-state index >= 15 is 0 Å². The molecule has 2 atom stereocenters. The van der Waals surface area contributed by atoms with Gasteiger partial charge in [0.2, 0.25) is 0 Å². The largest absolute Gasteiger partial charge is 0.497 e. The summed E-state index contributed by atoms with van der Waals surface area (Å²) in [5, 5.41) is 3.13. The third-order valence-corrected chi connectivity index (χ3v) is 4.86. The zero-order valence-corrected chi connectivity index (χ0v) is 16.5. The Bertz CT molecular complexity index is 716. The molecule has 4 nitrogen and oxygen atoms in total. The number of ether oxygens (including phenoxy) is 1. The van der Waals surface area contributed by atoms with E-state index in [4.69, 9.17) is 4.74 Å². The number of hydrogen-bond donors (Lipinski definition) is 1. The van der Waals surface area contributed by atoms with E-state index in [-0.39, 0.29) is 23.9 Å². The molecule has 0 spiro atoms. The van der Waals surface area contributed by atoms with Crippen molar-refractivity contribution in [1.82, 2.24) is 10.2 Å². The minimum Gasteiger partial charge on any atom is -0.497 e. The van der Waals surface area contributed by atoms with Gasteiger partial charge >= 0.3 is 6.03 Å². The molecule has 0 aromatic heterocycles. The van der Waals surface area contributed by atoms with Crippen molar-refractivity contribution in [2.75, 3.05) is 14.2 Å². The van der Waals surface area contributed by atoms with Gasteiger partial charge in [0.05, 0.1) is 13.2 Å². The summed E-state index contributed by atoms with van der Waals surface area (Å²) in [5.74, 6) is 0.496. The molecule has 0 aliphatic heterocycles. The molecule has 2 rings (SSSR count). The lowest BCUT2D eigenvalue weighted by Crippen LogP contribution is -2.44. The van der Waals surface area contributed by atoms with Crippen LogP contribution in [0.5, 0.6) is 5.75 Å². The van der Waals surface area contributed by atoms with E-state index in [0.717, 1.165) is 29.7 Å². The standard InChI is InChI=1S/C22H29FN2O2/c1-5-6-16(2)25(3)22(26)24-21(15-17-7-11-19(23)12-8-17)18-9-13-20(27-4)14-10-18/h7-14,16,21H,5-6,15H2,1-4H3,(H,24,26)/t16-,21-/m1/s1. The van der Waals surface area contributed by atoms with E-state index in [0.29, 0.717) is 6.42 Å². The number of amides is 2. The van der Waals surface area contributed by atoms with E-state index in [2.05, 4.69) is 12.2 Å². The van der Waals surface area contributed by atoms with E-state index in [9.17, 15) is 9.18 Å². The fourth-order valence-electron chi connectivity index (χ4n) is 3.01. The average molecular weight is 372 g/mol. The summed E-state index contributed by atoms with van der Waals surface area (Å²) >= 11 is 0. The molecule has 0 heterocycles. The van der Waals surface area contributed by atoms with Gasteiger partial charge in [0.1, 0.15) is 11.6 Å². The summed E-state index contributed by atoms with van der Waals surface area (Å²) in [6, 6.07) is 13.9. The minimum absolute atomic E-state index is 0.112.